The Bertz CT molecular complexity index is 548. The number of hydrogen-bond donors (Lipinski definition) is 0. The van der Waals surface area contributed by atoms with Crippen LogP contribution >= 0.6 is 11.3 Å². The molecule has 2 rings (SSSR count). The summed E-state index contributed by atoms with van der Waals surface area (Å²) in [5, 5.41) is 0.803. The van der Waals surface area contributed by atoms with Crippen LogP contribution in [-0.4, -0.2) is 24.6 Å². The van der Waals surface area contributed by atoms with Crippen molar-refractivity contribution in [3.63, 3.8) is 0 Å². The van der Waals surface area contributed by atoms with Gasteiger partial charge in [-0.15, -0.1) is 0 Å². The van der Waals surface area contributed by atoms with Crippen molar-refractivity contribution in [1.29, 1.82) is 0 Å². The molecule has 0 fully saturated rings. The molecular formula is C13H16N2O3S. The molecule has 0 atom stereocenters. The van der Waals surface area contributed by atoms with Crippen molar-refractivity contribution in [1.82, 2.24) is 4.98 Å². The van der Waals surface area contributed by atoms with E-state index in [1.54, 1.807) is 6.26 Å². The van der Waals surface area contributed by atoms with Gasteiger partial charge >= 0.3 is 5.97 Å². The number of methoxy groups -OCH3 is 1. The lowest BCUT2D eigenvalue weighted by atomic mass is 10.4. The minimum Gasteiger partial charge on any atom is -0.467 e. The van der Waals surface area contributed by atoms with E-state index in [0.29, 0.717) is 17.1 Å². The molecule has 0 spiro atoms. The molecule has 0 aliphatic carbocycles. The molecule has 0 aromatic carbocycles. The maximum Gasteiger partial charge on any atom is 0.350 e. The van der Waals surface area contributed by atoms with Crippen molar-refractivity contribution in [3.8, 4) is 0 Å². The van der Waals surface area contributed by atoms with E-state index in [1.807, 2.05) is 26.0 Å². The van der Waals surface area contributed by atoms with Crippen molar-refractivity contribution in [2.75, 3.05) is 18.6 Å². The van der Waals surface area contributed by atoms with Gasteiger partial charge in [-0.3, -0.25) is 0 Å². The van der Waals surface area contributed by atoms with E-state index in [0.717, 1.165) is 17.4 Å². The molecule has 6 heteroatoms. The summed E-state index contributed by atoms with van der Waals surface area (Å²) in [7, 11) is 1.38. The lowest BCUT2D eigenvalue weighted by Crippen LogP contribution is -2.21. The molecule has 0 unspecified atom stereocenters. The largest absolute Gasteiger partial charge is 0.467 e. The number of ether oxygens (including phenoxy) is 1. The third kappa shape index (κ3) is 2.96. The predicted molar refractivity (Wildman–Crippen MR) is 73.6 cm³/mol. The van der Waals surface area contributed by atoms with Crippen molar-refractivity contribution in [3.05, 3.63) is 34.7 Å². The molecule has 0 aliphatic rings. The lowest BCUT2D eigenvalue weighted by Gasteiger charge is -2.17. The van der Waals surface area contributed by atoms with Gasteiger partial charge in [0, 0.05) is 6.54 Å². The van der Waals surface area contributed by atoms with Crippen LogP contribution in [0.25, 0.3) is 0 Å². The maximum atomic E-state index is 11.6. The van der Waals surface area contributed by atoms with Gasteiger partial charge in [-0.1, -0.05) is 11.3 Å². The molecule has 0 saturated heterocycles. The average Bonchev–Trinajstić information content (AvgIpc) is 3.04. The topological polar surface area (TPSA) is 55.6 Å². The fourth-order valence-electron chi connectivity index (χ4n) is 1.70. The van der Waals surface area contributed by atoms with Gasteiger partial charge in [0.05, 0.1) is 25.6 Å². The van der Waals surface area contributed by atoms with E-state index in [4.69, 9.17) is 9.15 Å². The molecule has 0 aliphatic heterocycles. The van der Waals surface area contributed by atoms with Gasteiger partial charge in [-0.2, -0.15) is 0 Å². The molecule has 2 aromatic heterocycles. The highest BCUT2D eigenvalue weighted by Crippen LogP contribution is 2.27. The Balaban J connectivity index is 2.21. The minimum absolute atomic E-state index is 0.338. The van der Waals surface area contributed by atoms with Crippen LogP contribution in [0, 0.1) is 6.92 Å². The molecule has 2 aromatic rings. The Labute approximate surface area is 115 Å². The maximum absolute atomic E-state index is 11.6. The van der Waals surface area contributed by atoms with Crippen molar-refractivity contribution < 1.29 is 13.9 Å². The summed E-state index contributed by atoms with van der Waals surface area (Å²) in [6, 6.07) is 3.78. The van der Waals surface area contributed by atoms with Crippen LogP contribution < -0.4 is 4.90 Å². The number of thiazole rings is 1. The molecule has 0 amide bonds. The van der Waals surface area contributed by atoms with Gasteiger partial charge < -0.3 is 14.1 Å². The number of rotatable bonds is 5. The van der Waals surface area contributed by atoms with E-state index in [1.165, 1.54) is 18.4 Å². The lowest BCUT2D eigenvalue weighted by molar-refractivity contribution is 0.0605. The monoisotopic (exact) mass is 280 g/mol. The molecule has 0 N–H and O–H groups in total. The van der Waals surface area contributed by atoms with E-state index in [-0.39, 0.29) is 5.97 Å². The van der Waals surface area contributed by atoms with Gasteiger partial charge in [0.1, 0.15) is 10.6 Å². The number of furan rings is 1. The summed E-state index contributed by atoms with van der Waals surface area (Å²) in [5.74, 6) is 0.532. The van der Waals surface area contributed by atoms with Crippen LogP contribution in [0.5, 0.6) is 0 Å². The Hall–Kier alpha value is -1.82. The summed E-state index contributed by atoms with van der Waals surface area (Å²) in [6.45, 7) is 5.27. The number of aromatic nitrogens is 1. The second kappa shape index (κ2) is 5.88. The van der Waals surface area contributed by atoms with Crippen LogP contribution in [0.1, 0.15) is 28.0 Å². The fourth-order valence-corrected chi connectivity index (χ4v) is 2.75. The SMILES string of the molecule is CCN(Cc1ccco1)c1nc(C)c(C(=O)OC)s1. The summed E-state index contributed by atoms with van der Waals surface area (Å²) in [4.78, 5) is 18.6. The zero-order chi connectivity index (χ0) is 13.8. The van der Waals surface area contributed by atoms with Gasteiger partial charge in [0.15, 0.2) is 5.13 Å². The molecule has 102 valence electrons. The molecule has 2 heterocycles. The van der Waals surface area contributed by atoms with E-state index >= 15 is 0 Å². The molecule has 19 heavy (non-hydrogen) atoms. The standard InChI is InChI=1S/C13H16N2O3S/c1-4-15(8-10-6-5-7-18-10)13-14-9(2)11(19-13)12(16)17-3/h5-7H,4,8H2,1-3H3. The van der Waals surface area contributed by atoms with E-state index in [9.17, 15) is 4.79 Å². The van der Waals surface area contributed by atoms with Gasteiger partial charge in [0.2, 0.25) is 0 Å². The summed E-state index contributed by atoms with van der Waals surface area (Å²) in [5.41, 5.74) is 0.699. The number of esters is 1. The van der Waals surface area contributed by atoms with Crippen LogP contribution in [-0.2, 0) is 11.3 Å². The van der Waals surface area contributed by atoms with Gasteiger partial charge in [-0.25, -0.2) is 9.78 Å². The second-order valence-corrected chi connectivity index (χ2v) is 4.97. The van der Waals surface area contributed by atoms with Gasteiger partial charge in [0.25, 0.3) is 0 Å². The highest BCUT2D eigenvalue weighted by molar-refractivity contribution is 7.17. The zero-order valence-corrected chi connectivity index (χ0v) is 12.0. The number of hydrogen-bond acceptors (Lipinski definition) is 6. The Morgan fingerprint density at radius 3 is 2.95 bits per heavy atom. The Morgan fingerprint density at radius 2 is 2.37 bits per heavy atom. The second-order valence-electron chi connectivity index (χ2n) is 4.00. The summed E-state index contributed by atoms with van der Waals surface area (Å²) < 4.78 is 10.1. The number of anilines is 1. The molecule has 5 nitrogen and oxygen atoms in total. The molecule has 0 bridgehead atoms. The molecule has 0 saturated carbocycles. The minimum atomic E-state index is -0.338. The third-order valence-electron chi connectivity index (χ3n) is 2.74. The van der Waals surface area contributed by atoms with Crippen LogP contribution in [0.3, 0.4) is 0 Å². The highest BCUT2D eigenvalue weighted by Gasteiger charge is 2.19. The van der Waals surface area contributed by atoms with E-state index in [2.05, 4.69) is 9.88 Å². The van der Waals surface area contributed by atoms with Crippen molar-refractivity contribution in [2.24, 2.45) is 0 Å². The van der Waals surface area contributed by atoms with Crippen LogP contribution in [0.2, 0.25) is 0 Å². The first-order valence-electron chi connectivity index (χ1n) is 5.98. The highest BCUT2D eigenvalue weighted by atomic mass is 32.1. The quantitative estimate of drug-likeness (QED) is 0.788. The number of carbonyl (C=O) groups is 1. The summed E-state index contributed by atoms with van der Waals surface area (Å²) >= 11 is 1.35. The van der Waals surface area contributed by atoms with Crippen molar-refractivity contribution >= 4 is 22.4 Å². The van der Waals surface area contributed by atoms with Crippen molar-refractivity contribution in [2.45, 2.75) is 20.4 Å². The number of carbonyl (C=O) groups excluding carboxylic acids is 1. The number of aryl methyl sites for hydroxylation is 1. The Kier molecular flexibility index (Phi) is 4.21. The summed E-state index contributed by atoms with van der Waals surface area (Å²) in [6.07, 6.45) is 1.65. The average molecular weight is 280 g/mol. The molecular weight excluding hydrogens is 264 g/mol. The number of nitrogens with zero attached hydrogens (tertiary/aromatic N) is 2. The normalized spacial score (nSPS) is 10.5. The van der Waals surface area contributed by atoms with E-state index < -0.39 is 0 Å². The fraction of sp³-hybridized carbons (Fsp3) is 0.385. The first kappa shape index (κ1) is 13.6. The smallest absolute Gasteiger partial charge is 0.350 e. The third-order valence-corrected chi connectivity index (χ3v) is 3.93. The van der Waals surface area contributed by atoms with Gasteiger partial charge in [-0.05, 0) is 26.0 Å². The van der Waals surface area contributed by atoms with Crippen LogP contribution in [0.4, 0.5) is 5.13 Å². The van der Waals surface area contributed by atoms with Crippen LogP contribution in [0.15, 0.2) is 22.8 Å². The first-order chi connectivity index (χ1) is 9.15. The zero-order valence-electron chi connectivity index (χ0n) is 11.2. The molecule has 0 radical (unpaired) electrons. The first-order valence-corrected chi connectivity index (χ1v) is 6.80. The Morgan fingerprint density at radius 1 is 1.58 bits per heavy atom. The predicted octanol–water partition coefficient (Wildman–Crippen LogP) is 2.86.